The number of rotatable bonds is 7. The second-order valence-electron chi connectivity index (χ2n) is 6.09. The highest BCUT2D eigenvalue weighted by molar-refractivity contribution is 5.76. The maximum Gasteiger partial charge on any atom is 0.305 e. The predicted octanol–water partition coefficient (Wildman–Crippen LogP) is 2.97. The molecule has 0 saturated carbocycles. The van der Waals surface area contributed by atoms with Gasteiger partial charge in [0.15, 0.2) is 0 Å². The number of carbonyl (C=O) groups is 1. The van der Waals surface area contributed by atoms with E-state index < -0.39 is 18.2 Å². The van der Waals surface area contributed by atoms with Crippen molar-refractivity contribution < 1.29 is 20.1 Å². The maximum absolute atomic E-state index is 10.6. The monoisotopic (exact) mass is 341 g/mol. The summed E-state index contributed by atoms with van der Waals surface area (Å²) in [5.74, 6) is -1.09. The molecule has 0 aliphatic carbocycles. The molecule has 2 aromatic rings. The van der Waals surface area contributed by atoms with Gasteiger partial charge < -0.3 is 15.3 Å². The quantitative estimate of drug-likeness (QED) is 0.720. The minimum absolute atomic E-state index is 0.0260. The number of hydrogen-bond donors (Lipinski definition) is 3. The van der Waals surface area contributed by atoms with Crippen LogP contribution in [0.2, 0.25) is 0 Å². The van der Waals surface area contributed by atoms with E-state index in [0.29, 0.717) is 0 Å². The summed E-state index contributed by atoms with van der Waals surface area (Å²) >= 11 is 0. The lowest BCUT2D eigenvalue weighted by Gasteiger charge is -2.13. The molecule has 132 valence electrons. The Morgan fingerprint density at radius 3 is 2.52 bits per heavy atom. The highest BCUT2D eigenvalue weighted by Gasteiger charge is 2.14. The Balaban J connectivity index is 2.25. The van der Waals surface area contributed by atoms with E-state index in [1.807, 2.05) is 50.2 Å². The van der Waals surface area contributed by atoms with E-state index in [4.69, 9.17) is 5.11 Å². The molecular formula is C20H23NO4. The molecule has 0 aliphatic rings. The van der Waals surface area contributed by atoms with Gasteiger partial charge in [-0.05, 0) is 31.0 Å². The van der Waals surface area contributed by atoms with Gasteiger partial charge in [-0.3, -0.25) is 9.78 Å². The third-order valence-electron chi connectivity index (χ3n) is 3.87. The number of pyridine rings is 1. The number of aryl methyl sites for hydroxylation is 2. The van der Waals surface area contributed by atoms with Crippen LogP contribution in [0, 0.1) is 13.8 Å². The lowest BCUT2D eigenvalue weighted by Crippen LogP contribution is -2.19. The smallest absolute Gasteiger partial charge is 0.305 e. The van der Waals surface area contributed by atoms with Gasteiger partial charge in [-0.1, -0.05) is 42.5 Å². The second-order valence-corrected chi connectivity index (χ2v) is 6.09. The first-order chi connectivity index (χ1) is 11.9. The molecule has 3 N–H and O–H groups in total. The SMILES string of the molecule is Cc1cc(-c2ccccc2)c(C=C[C@@H](O)CC(O)CC(=O)O)c(C)n1. The predicted molar refractivity (Wildman–Crippen MR) is 97.1 cm³/mol. The van der Waals surface area contributed by atoms with Crippen LogP contribution in [-0.2, 0) is 4.79 Å². The highest BCUT2D eigenvalue weighted by Crippen LogP contribution is 2.27. The van der Waals surface area contributed by atoms with E-state index >= 15 is 0 Å². The molecule has 1 unspecified atom stereocenters. The molecule has 1 heterocycles. The molecule has 0 saturated heterocycles. The van der Waals surface area contributed by atoms with E-state index in [2.05, 4.69) is 4.98 Å². The summed E-state index contributed by atoms with van der Waals surface area (Å²) in [6, 6.07) is 11.9. The topological polar surface area (TPSA) is 90.7 Å². The van der Waals surface area contributed by atoms with Gasteiger partial charge in [0.1, 0.15) is 0 Å². The van der Waals surface area contributed by atoms with Crippen molar-refractivity contribution in [3.63, 3.8) is 0 Å². The minimum atomic E-state index is -1.09. The van der Waals surface area contributed by atoms with Crippen molar-refractivity contribution in [3.8, 4) is 11.1 Å². The van der Waals surface area contributed by atoms with Gasteiger partial charge in [-0.15, -0.1) is 0 Å². The van der Waals surface area contributed by atoms with E-state index in [9.17, 15) is 15.0 Å². The molecule has 0 spiro atoms. The number of carboxylic acid groups (broad SMARTS) is 1. The number of hydrogen-bond acceptors (Lipinski definition) is 4. The summed E-state index contributed by atoms with van der Waals surface area (Å²) in [5, 5.41) is 28.3. The van der Waals surface area contributed by atoms with Crippen molar-refractivity contribution in [1.29, 1.82) is 0 Å². The molecule has 25 heavy (non-hydrogen) atoms. The molecule has 2 atom stereocenters. The fourth-order valence-corrected chi connectivity index (χ4v) is 2.76. The molecule has 0 aliphatic heterocycles. The summed E-state index contributed by atoms with van der Waals surface area (Å²) in [6.07, 6.45) is 0.924. The highest BCUT2D eigenvalue weighted by atomic mass is 16.4. The van der Waals surface area contributed by atoms with Gasteiger partial charge in [0.05, 0.1) is 18.6 Å². The zero-order valence-corrected chi connectivity index (χ0v) is 14.4. The molecule has 5 heteroatoms. The Hall–Kier alpha value is -2.50. The fraction of sp³-hybridized carbons (Fsp3) is 0.300. The zero-order chi connectivity index (χ0) is 18.4. The van der Waals surface area contributed by atoms with E-state index in [-0.39, 0.29) is 12.8 Å². The van der Waals surface area contributed by atoms with E-state index in [1.54, 1.807) is 12.2 Å². The van der Waals surface area contributed by atoms with Crippen molar-refractivity contribution in [1.82, 2.24) is 4.98 Å². The average molecular weight is 341 g/mol. The van der Waals surface area contributed by atoms with Crippen LogP contribution in [0.5, 0.6) is 0 Å². The number of aliphatic hydroxyl groups is 2. The van der Waals surface area contributed by atoms with Crippen LogP contribution in [0.1, 0.15) is 29.8 Å². The Kier molecular flexibility index (Phi) is 6.44. The van der Waals surface area contributed by atoms with Crippen LogP contribution < -0.4 is 0 Å². The maximum atomic E-state index is 10.6. The number of benzene rings is 1. The molecule has 5 nitrogen and oxygen atoms in total. The Bertz CT molecular complexity index is 756. The summed E-state index contributed by atoms with van der Waals surface area (Å²) in [5.41, 5.74) is 4.71. The standard InChI is InChI=1S/C20H23NO4/c1-13-10-19(15-6-4-3-5-7-15)18(14(2)21-13)9-8-16(22)11-17(23)12-20(24)25/h3-10,16-17,22-23H,11-12H2,1-2H3,(H,24,25)/t16-,17?/m1/s1. The zero-order valence-electron chi connectivity index (χ0n) is 14.4. The molecule has 0 radical (unpaired) electrons. The third-order valence-corrected chi connectivity index (χ3v) is 3.87. The molecule has 0 amide bonds. The first-order valence-corrected chi connectivity index (χ1v) is 8.16. The molecule has 0 fully saturated rings. The second kappa shape index (κ2) is 8.55. The van der Waals surface area contributed by atoms with Crippen molar-refractivity contribution in [3.05, 3.63) is 59.4 Å². The normalized spacial score (nSPS) is 13.8. The summed E-state index contributed by atoms with van der Waals surface area (Å²) in [7, 11) is 0. The van der Waals surface area contributed by atoms with Gasteiger partial charge in [-0.2, -0.15) is 0 Å². The first kappa shape index (κ1) is 18.8. The van der Waals surface area contributed by atoms with E-state index in [1.165, 1.54) is 0 Å². The van der Waals surface area contributed by atoms with Crippen LogP contribution >= 0.6 is 0 Å². The third kappa shape index (κ3) is 5.52. The van der Waals surface area contributed by atoms with Gasteiger partial charge in [0.2, 0.25) is 0 Å². The van der Waals surface area contributed by atoms with Crippen molar-refractivity contribution in [2.75, 3.05) is 0 Å². The first-order valence-electron chi connectivity index (χ1n) is 8.16. The fourth-order valence-electron chi connectivity index (χ4n) is 2.76. The van der Waals surface area contributed by atoms with Gasteiger partial charge in [-0.25, -0.2) is 0 Å². The van der Waals surface area contributed by atoms with Crippen LogP contribution in [0.15, 0.2) is 42.5 Å². The Morgan fingerprint density at radius 1 is 1.20 bits per heavy atom. The minimum Gasteiger partial charge on any atom is -0.481 e. The number of aliphatic carboxylic acids is 1. The van der Waals surface area contributed by atoms with E-state index in [0.717, 1.165) is 28.1 Å². The number of carboxylic acids is 1. The van der Waals surface area contributed by atoms with Crippen molar-refractivity contribution in [2.45, 2.75) is 38.9 Å². The number of nitrogens with zero attached hydrogens (tertiary/aromatic N) is 1. The lowest BCUT2D eigenvalue weighted by molar-refractivity contribution is -0.139. The molecule has 2 rings (SSSR count). The van der Waals surface area contributed by atoms with Gasteiger partial charge in [0, 0.05) is 23.4 Å². The number of aromatic nitrogens is 1. The lowest BCUT2D eigenvalue weighted by atomic mass is 9.97. The molecule has 0 bridgehead atoms. The van der Waals surface area contributed by atoms with Gasteiger partial charge >= 0.3 is 5.97 Å². The van der Waals surface area contributed by atoms with Crippen LogP contribution in [0.25, 0.3) is 17.2 Å². The molecular weight excluding hydrogens is 318 g/mol. The van der Waals surface area contributed by atoms with Crippen LogP contribution in [0.4, 0.5) is 0 Å². The van der Waals surface area contributed by atoms with Crippen molar-refractivity contribution >= 4 is 12.0 Å². The molecule has 1 aromatic carbocycles. The summed E-state index contributed by atoms with van der Waals surface area (Å²) in [4.78, 5) is 15.1. The van der Waals surface area contributed by atoms with Crippen LogP contribution in [0.3, 0.4) is 0 Å². The average Bonchev–Trinajstić information content (AvgIpc) is 2.53. The largest absolute Gasteiger partial charge is 0.481 e. The summed E-state index contributed by atoms with van der Waals surface area (Å²) in [6.45, 7) is 3.84. The Labute approximate surface area is 147 Å². The van der Waals surface area contributed by atoms with Crippen molar-refractivity contribution in [2.24, 2.45) is 0 Å². The summed E-state index contributed by atoms with van der Waals surface area (Å²) < 4.78 is 0. The van der Waals surface area contributed by atoms with Gasteiger partial charge in [0.25, 0.3) is 0 Å². The number of aliphatic hydroxyl groups excluding tert-OH is 2. The van der Waals surface area contributed by atoms with Crippen LogP contribution in [-0.4, -0.2) is 38.5 Å². The Morgan fingerprint density at radius 2 is 1.88 bits per heavy atom. The molecule has 1 aromatic heterocycles.